The van der Waals surface area contributed by atoms with Crippen LogP contribution in [-0.2, 0) is 25.7 Å². The van der Waals surface area contributed by atoms with Crippen molar-refractivity contribution in [1.29, 1.82) is 0 Å². The van der Waals surface area contributed by atoms with E-state index in [1.807, 2.05) is 6.08 Å². The fraction of sp³-hybridized carbons (Fsp3) is 0.161. The van der Waals surface area contributed by atoms with Gasteiger partial charge in [0.05, 0.1) is 0 Å². The maximum atomic E-state index is 3.82. The van der Waals surface area contributed by atoms with Crippen molar-refractivity contribution in [3.05, 3.63) is 148 Å². The molecule has 0 aliphatic heterocycles. The summed E-state index contributed by atoms with van der Waals surface area (Å²) in [4.78, 5) is 0. The monoisotopic (exact) mass is 402 g/mol. The van der Waals surface area contributed by atoms with E-state index < -0.39 is 0 Å². The third kappa shape index (κ3) is 5.83. The Labute approximate surface area is 186 Å². The molecule has 0 heterocycles. The van der Waals surface area contributed by atoms with Crippen LogP contribution in [0.25, 0.3) is 6.08 Å². The van der Waals surface area contributed by atoms with Crippen LogP contribution < -0.4 is 0 Å². The molecule has 0 bridgehead atoms. The van der Waals surface area contributed by atoms with Crippen LogP contribution in [0, 0.1) is 0 Å². The lowest BCUT2D eigenvalue weighted by atomic mass is 9.98. The van der Waals surface area contributed by atoms with Crippen molar-refractivity contribution < 1.29 is 0 Å². The van der Waals surface area contributed by atoms with Crippen LogP contribution in [0.1, 0.15) is 51.4 Å². The average Bonchev–Trinajstić information content (AvgIpc) is 2.82. The Morgan fingerprint density at radius 1 is 0.452 bits per heavy atom. The molecule has 0 heteroatoms. The minimum atomic E-state index is 0.964. The van der Waals surface area contributed by atoms with E-state index in [1.165, 1.54) is 44.5 Å². The van der Waals surface area contributed by atoms with Gasteiger partial charge in [-0.2, -0.15) is 0 Å². The van der Waals surface area contributed by atoms with Gasteiger partial charge >= 0.3 is 0 Å². The molecule has 0 saturated heterocycles. The van der Waals surface area contributed by atoms with Crippen molar-refractivity contribution in [3.8, 4) is 0 Å². The number of benzene rings is 4. The first kappa shape index (κ1) is 20.9. The Kier molecular flexibility index (Phi) is 6.79. The van der Waals surface area contributed by atoms with Gasteiger partial charge in [0.2, 0.25) is 0 Å². The van der Waals surface area contributed by atoms with Crippen LogP contribution >= 0.6 is 0 Å². The van der Waals surface area contributed by atoms with E-state index in [1.54, 1.807) is 0 Å². The van der Waals surface area contributed by atoms with Gasteiger partial charge in [0.25, 0.3) is 0 Å². The van der Waals surface area contributed by atoms with Gasteiger partial charge in [0.15, 0.2) is 0 Å². The molecule has 31 heavy (non-hydrogen) atoms. The van der Waals surface area contributed by atoms with Gasteiger partial charge in [0.1, 0.15) is 0 Å². The Hall–Kier alpha value is -3.38. The first-order valence-corrected chi connectivity index (χ1v) is 11.2. The second kappa shape index (κ2) is 10.1. The summed E-state index contributed by atoms with van der Waals surface area (Å²) in [5.74, 6) is 0. The molecule has 4 rings (SSSR count). The molecule has 4 aromatic carbocycles. The number of hydrogen-bond acceptors (Lipinski definition) is 0. The molecule has 0 saturated carbocycles. The number of rotatable bonds is 8. The summed E-state index contributed by atoms with van der Waals surface area (Å²) < 4.78 is 0. The minimum absolute atomic E-state index is 0.964. The molecule has 4 aromatic rings. The minimum Gasteiger partial charge on any atom is -0.0985 e. The van der Waals surface area contributed by atoms with Crippen molar-refractivity contribution in [3.63, 3.8) is 0 Å². The first-order valence-electron chi connectivity index (χ1n) is 11.2. The van der Waals surface area contributed by atoms with Crippen LogP contribution in [-0.4, -0.2) is 0 Å². The summed E-state index contributed by atoms with van der Waals surface area (Å²) >= 11 is 0. The second-order valence-electron chi connectivity index (χ2n) is 8.28. The lowest BCUT2D eigenvalue weighted by molar-refractivity contribution is 1.11. The Morgan fingerprint density at radius 2 is 0.710 bits per heavy atom. The smallest absolute Gasteiger partial charge is 0.00258 e. The van der Waals surface area contributed by atoms with E-state index in [0.29, 0.717) is 0 Å². The Morgan fingerprint density at radius 3 is 0.968 bits per heavy atom. The topological polar surface area (TPSA) is 0 Å². The molecule has 0 spiro atoms. The van der Waals surface area contributed by atoms with E-state index in [0.717, 1.165) is 25.7 Å². The Balaban J connectivity index is 1.34. The third-order valence-electron chi connectivity index (χ3n) is 5.92. The molecule has 0 aliphatic carbocycles. The quantitative estimate of drug-likeness (QED) is 0.284. The fourth-order valence-electron chi connectivity index (χ4n) is 3.92. The van der Waals surface area contributed by atoms with Gasteiger partial charge in [-0.25, -0.2) is 0 Å². The van der Waals surface area contributed by atoms with E-state index in [4.69, 9.17) is 0 Å². The molecule has 0 N–H and O–H groups in total. The maximum absolute atomic E-state index is 3.82. The zero-order valence-electron chi connectivity index (χ0n) is 18.4. The predicted molar refractivity (Wildman–Crippen MR) is 134 cm³/mol. The van der Waals surface area contributed by atoms with Gasteiger partial charge in [-0.15, -0.1) is 0 Å². The van der Waals surface area contributed by atoms with Crippen LogP contribution in [0.5, 0.6) is 0 Å². The summed E-state index contributed by atoms with van der Waals surface area (Å²) in [6.07, 6.45) is 5.91. The summed E-state index contributed by atoms with van der Waals surface area (Å²) in [7, 11) is 0. The molecule has 0 aliphatic rings. The zero-order chi connectivity index (χ0) is 21.5. The predicted octanol–water partition coefficient (Wildman–Crippen LogP) is 7.66. The van der Waals surface area contributed by atoms with Crippen LogP contribution in [0.3, 0.4) is 0 Å². The first-order chi connectivity index (χ1) is 15.2. The lowest BCUT2D eigenvalue weighted by Crippen LogP contribution is -1.93. The van der Waals surface area contributed by atoms with E-state index in [-0.39, 0.29) is 0 Å². The molecule has 0 aromatic heterocycles. The number of hydrogen-bond donors (Lipinski definition) is 0. The van der Waals surface area contributed by atoms with Crippen LogP contribution in [0.4, 0.5) is 0 Å². The van der Waals surface area contributed by atoms with Gasteiger partial charge in [-0.3, -0.25) is 0 Å². The van der Waals surface area contributed by atoms with Crippen LogP contribution in [0.2, 0.25) is 0 Å². The molecular formula is C31H30. The molecule has 0 unspecified atom stereocenters. The zero-order valence-corrected chi connectivity index (χ0v) is 18.4. The summed E-state index contributed by atoms with van der Waals surface area (Å²) in [6, 6.07) is 35.7. The SMILES string of the molecule is C=Cc1ccc(Cc2ccc(Cc3ccc(Cc4ccc(CC)cc4)cc3)cc2)cc1. The largest absolute Gasteiger partial charge is 0.0985 e. The molecular weight excluding hydrogens is 372 g/mol. The summed E-state index contributed by atoms with van der Waals surface area (Å²) in [6.45, 7) is 6.02. The van der Waals surface area contributed by atoms with E-state index in [9.17, 15) is 0 Å². The normalized spacial score (nSPS) is 10.7. The van der Waals surface area contributed by atoms with Crippen LogP contribution in [0.15, 0.2) is 104 Å². The third-order valence-corrected chi connectivity index (χ3v) is 5.92. The second-order valence-corrected chi connectivity index (χ2v) is 8.28. The van der Waals surface area contributed by atoms with Crippen molar-refractivity contribution in [2.75, 3.05) is 0 Å². The summed E-state index contributed by atoms with van der Waals surface area (Å²) in [5.41, 5.74) is 10.7. The molecule has 0 fully saturated rings. The van der Waals surface area contributed by atoms with Gasteiger partial charge in [-0.1, -0.05) is 117 Å². The van der Waals surface area contributed by atoms with Crippen molar-refractivity contribution >= 4 is 6.08 Å². The standard InChI is InChI=1S/C31H30/c1-3-24-5-9-26(10-6-24)21-28-13-17-30(18-14-28)23-31-19-15-29(16-20-31)22-27-11-7-25(4-2)8-12-27/h3,5-20H,1,4,21-23H2,2H3. The van der Waals surface area contributed by atoms with Crippen molar-refractivity contribution in [2.45, 2.75) is 32.6 Å². The highest BCUT2D eigenvalue weighted by atomic mass is 14.1. The fourth-order valence-corrected chi connectivity index (χ4v) is 3.92. The molecule has 0 amide bonds. The molecule has 0 nitrogen and oxygen atoms in total. The van der Waals surface area contributed by atoms with Crippen molar-refractivity contribution in [1.82, 2.24) is 0 Å². The molecule has 0 radical (unpaired) electrons. The highest BCUT2D eigenvalue weighted by molar-refractivity contribution is 5.47. The van der Waals surface area contributed by atoms with E-state index in [2.05, 4.69) is 111 Å². The Bertz CT molecular complexity index is 1100. The highest BCUT2D eigenvalue weighted by Crippen LogP contribution is 2.17. The number of aryl methyl sites for hydroxylation is 1. The lowest BCUT2D eigenvalue weighted by Gasteiger charge is -2.07. The van der Waals surface area contributed by atoms with Gasteiger partial charge < -0.3 is 0 Å². The molecule has 0 atom stereocenters. The summed E-state index contributed by atoms with van der Waals surface area (Å²) in [5, 5.41) is 0. The highest BCUT2D eigenvalue weighted by Gasteiger charge is 2.02. The van der Waals surface area contributed by atoms with E-state index >= 15 is 0 Å². The average molecular weight is 403 g/mol. The van der Waals surface area contributed by atoms with Gasteiger partial charge in [-0.05, 0) is 70.2 Å². The van der Waals surface area contributed by atoms with Gasteiger partial charge in [0, 0.05) is 0 Å². The molecule has 154 valence electrons. The maximum Gasteiger partial charge on any atom is -0.00258 e. The van der Waals surface area contributed by atoms with Crippen molar-refractivity contribution in [2.24, 2.45) is 0 Å².